The van der Waals surface area contributed by atoms with Crippen molar-refractivity contribution in [3.8, 4) is 45.3 Å². The number of benzene rings is 2. The molecule has 1 aliphatic carbocycles. The number of alkyl carbamates (subject to hydrolysis) is 1. The van der Waals surface area contributed by atoms with Crippen LogP contribution in [0.15, 0.2) is 73.1 Å². The molecule has 0 radical (unpaired) electrons. The number of hydrogen-bond donors (Lipinski definition) is 5. The number of nitrogens with two attached hydrogens (primary N) is 2. The van der Waals surface area contributed by atoms with E-state index >= 15 is 0 Å². The average molecular weight is 983 g/mol. The van der Waals surface area contributed by atoms with E-state index in [1.54, 1.807) is 62.8 Å². The molecule has 23 heteroatoms. The van der Waals surface area contributed by atoms with E-state index in [9.17, 15) is 18.4 Å². The number of nitrogens with one attached hydrogen (secondary N) is 1. The van der Waals surface area contributed by atoms with Crippen LogP contribution in [-0.2, 0) is 23.6 Å². The van der Waals surface area contributed by atoms with Gasteiger partial charge in [-0.3, -0.25) is 14.9 Å². The number of anilines is 1. The van der Waals surface area contributed by atoms with Gasteiger partial charge in [-0.15, -0.1) is 20.4 Å². The molecule has 3 fully saturated rings. The number of carbonyl (C=O) groups excluding carboxylic acids is 2. The summed E-state index contributed by atoms with van der Waals surface area (Å²) in [5, 5.41) is 43.3. The Morgan fingerprint density at radius 1 is 0.762 bits per heavy atom. The molecular formula is C40H45F2IN14O6. The molecular weight excluding hydrogens is 937 g/mol. The highest BCUT2D eigenvalue weighted by molar-refractivity contribution is 14.1. The van der Waals surface area contributed by atoms with E-state index < -0.39 is 24.1 Å². The summed E-state index contributed by atoms with van der Waals surface area (Å²) in [6.45, 7) is 0.227. The van der Waals surface area contributed by atoms with Gasteiger partial charge in [0.05, 0.1) is 46.1 Å². The van der Waals surface area contributed by atoms with Gasteiger partial charge < -0.3 is 36.5 Å². The molecule has 63 heavy (non-hydrogen) atoms. The number of hydrogen-bond acceptors (Lipinski definition) is 16. The highest BCUT2D eigenvalue weighted by atomic mass is 127. The van der Waals surface area contributed by atoms with Crippen molar-refractivity contribution < 1.29 is 38.1 Å². The molecule has 0 bridgehead atoms. The van der Waals surface area contributed by atoms with Gasteiger partial charge in [-0.05, 0) is 88.3 Å². The largest absolute Gasteiger partial charge is 0.442 e. The molecule has 1 saturated carbocycles. The Labute approximate surface area is 373 Å². The van der Waals surface area contributed by atoms with E-state index in [-0.39, 0.29) is 43.8 Å². The molecule has 4 atom stereocenters. The molecule has 2 unspecified atom stereocenters. The van der Waals surface area contributed by atoms with Gasteiger partial charge in [0.15, 0.2) is 0 Å². The van der Waals surface area contributed by atoms with Gasteiger partial charge in [0.25, 0.3) is 0 Å². The van der Waals surface area contributed by atoms with Gasteiger partial charge in [-0.25, -0.2) is 18.4 Å². The standard InChI is InChI=1S/C17H15FN6O3.C13H9FIN5.C6H14N2.C4H7NO3/c1-23-21-16(20-22-23)15-5-2-10(7-19-15)13-4-3-11(6-14(13)18)24-8-12(9-25)27-17(24)26;1-20-18-13(17-19-20)12-5-2-8(7-16-12)10-4-3-9(15)6-11(10)14;7-5-3-1-2-4-6(5)8;6-2-3-1-5-4(7)8-3/h2-7,12,25H,8-9H2,1H3;2-7H,1H3;5-6H,1-4,7-8H2;3,6H,1-2H2,(H,5,7)/t12-;;;3-/m1..1/s1. The minimum absolute atomic E-state index is 0.0985. The number of tetrazole rings is 2. The molecule has 4 aromatic heterocycles. The number of rotatable bonds is 7. The average Bonchev–Trinajstić information content (AvgIpc) is 4.11. The first-order valence-corrected chi connectivity index (χ1v) is 20.7. The highest BCUT2D eigenvalue weighted by Gasteiger charge is 2.32. The normalized spacial score (nSPS) is 19.0. The van der Waals surface area contributed by atoms with Crippen LogP contribution in [0, 0.1) is 15.2 Å². The molecule has 0 spiro atoms. The molecule has 2 amide bonds. The number of aryl methyl sites for hydroxylation is 2. The predicted molar refractivity (Wildman–Crippen MR) is 232 cm³/mol. The number of halogens is 3. The van der Waals surface area contributed by atoms with Crippen molar-refractivity contribution >= 4 is 40.5 Å². The third-order valence-electron chi connectivity index (χ3n) is 9.72. The van der Waals surface area contributed by atoms with E-state index in [0.29, 0.717) is 57.5 Å². The van der Waals surface area contributed by atoms with Crippen LogP contribution < -0.4 is 21.7 Å². The summed E-state index contributed by atoms with van der Waals surface area (Å²) < 4.78 is 38.9. The van der Waals surface area contributed by atoms with Crippen molar-refractivity contribution in [3.63, 3.8) is 0 Å². The first-order valence-electron chi connectivity index (χ1n) is 19.6. The Bertz CT molecular complexity index is 2450. The van der Waals surface area contributed by atoms with Gasteiger partial charge in [0, 0.05) is 50.3 Å². The van der Waals surface area contributed by atoms with Crippen molar-refractivity contribution in [2.75, 3.05) is 31.2 Å². The molecule has 2 aromatic carbocycles. The van der Waals surface area contributed by atoms with E-state index in [0.717, 1.165) is 16.4 Å². The van der Waals surface area contributed by atoms with E-state index in [1.807, 2.05) is 6.07 Å². The third-order valence-corrected chi connectivity index (χ3v) is 10.4. The zero-order valence-electron chi connectivity index (χ0n) is 34.1. The molecule has 20 nitrogen and oxygen atoms in total. The van der Waals surface area contributed by atoms with Crippen LogP contribution in [0.5, 0.6) is 0 Å². The van der Waals surface area contributed by atoms with Crippen LogP contribution in [0.4, 0.5) is 24.1 Å². The van der Waals surface area contributed by atoms with E-state index in [1.165, 1.54) is 45.7 Å². The molecule has 6 heterocycles. The molecule has 2 saturated heterocycles. The first-order chi connectivity index (χ1) is 30.3. The van der Waals surface area contributed by atoms with Gasteiger partial charge >= 0.3 is 12.2 Å². The number of aliphatic hydroxyl groups is 2. The van der Waals surface area contributed by atoms with E-state index in [2.05, 4.69) is 73.4 Å². The quantitative estimate of drug-likeness (QED) is 0.144. The van der Waals surface area contributed by atoms with Crippen molar-refractivity contribution in [1.29, 1.82) is 0 Å². The molecule has 7 N–H and O–H groups in total. The summed E-state index contributed by atoms with van der Waals surface area (Å²) in [6, 6.07) is 17.1. The van der Waals surface area contributed by atoms with Crippen LogP contribution in [0.1, 0.15) is 25.7 Å². The molecule has 2 aliphatic heterocycles. The zero-order chi connectivity index (χ0) is 45.0. The van der Waals surface area contributed by atoms with Gasteiger partial charge in [-0.1, -0.05) is 31.0 Å². The van der Waals surface area contributed by atoms with Crippen LogP contribution in [-0.4, -0.2) is 123 Å². The first kappa shape index (κ1) is 46.4. The number of amides is 2. The van der Waals surface area contributed by atoms with Crippen LogP contribution in [0.25, 0.3) is 45.3 Å². The van der Waals surface area contributed by atoms with Crippen molar-refractivity contribution in [1.82, 2.24) is 55.7 Å². The number of ether oxygens (including phenoxy) is 2. The summed E-state index contributed by atoms with van der Waals surface area (Å²) in [5.41, 5.74) is 15.0. The number of pyridine rings is 2. The van der Waals surface area contributed by atoms with Crippen molar-refractivity contribution in [2.24, 2.45) is 25.6 Å². The number of nitrogens with zero attached hydrogens (tertiary/aromatic N) is 11. The number of aromatic nitrogens is 10. The maximum Gasteiger partial charge on any atom is 0.414 e. The number of carbonyl (C=O) groups is 2. The maximum absolute atomic E-state index is 14.6. The Hall–Kier alpha value is -6.15. The summed E-state index contributed by atoms with van der Waals surface area (Å²) in [6.07, 6.45) is 5.94. The van der Waals surface area contributed by atoms with Crippen LogP contribution in [0.3, 0.4) is 0 Å². The third kappa shape index (κ3) is 12.5. The lowest BCUT2D eigenvalue weighted by molar-refractivity contribution is 0.0959. The Morgan fingerprint density at radius 2 is 1.30 bits per heavy atom. The minimum atomic E-state index is -0.608. The molecule has 3 aliphatic rings. The fourth-order valence-corrected chi connectivity index (χ4v) is 6.78. The smallest absolute Gasteiger partial charge is 0.414 e. The highest BCUT2D eigenvalue weighted by Crippen LogP contribution is 2.30. The number of aliphatic hydroxyl groups excluding tert-OH is 2. The van der Waals surface area contributed by atoms with Gasteiger partial charge in [-0.2, -0.15) is 9.59 Å². The van der Waals surface area contributed by atoms with E-state index in [4.69, 9.17) is 26.4 Å². The minimum Gasteiger partial charge on any atom is -0.442 e. The lowest BCUT2D eigenvalue weighted by atomic mass is 9.92. The summed E-state index contributed by atoms with van der Waals surface area (Å²) in [4.78, 5) is 34.5. The second-order valence-corrected chi connectivity index (χ2v) is 15.6. The Balaban J connectivity index is 0.000000159. The van der Waals surface area contributed by atoms with Crippen LogP contribution >= 0.6 is 22.6 Å². The predicted octanol–water partition coefficient (Wildman–Crippen LogP) is 3.38. The Kier molecular flexibility index (Phi) is 16.0. The van der Waals surface area contributed by atoms with Gasteiger partial charge in [0.1, 0.15) is 35.2 Å². The molecule has 6 aromatic rings. The molecule has 9 rings (SSSR count). The zero-order valence-corrected chi connectivity index (χ0v) is 36.3. The lowest BCUT2D eigenvalue weighted by Crippen LogP contribution is -2.43. The fourth-order valence-electron chi connectivity index (χ4n) is 6.32. The Morgan fingerprint density at radius 3 is 1.68 bits per heavy atom. The van der Waals surface area contributed by atoms with Crippen LogP contribution in [0.2, 0.25) is 0 Å². The maximum atomic E-state index is 14.6. The molecule has 332 valence electrons. The number of cyclic esters (lactones) is 2. The summed E-state index contributed by atoms with van der Waals surface area (Å²) in [5.74, 6) is 0.0667. The second kappa shape index (κ2) is 21.8. The second-order valence-electron chi connectivity index (χ2n) is 14.4. The van der Waals surface area contributed by atoms with Crippen molar-refractivity contribution in [3.05, 3.63) is 88.3 Å². The van der Waals surface area contributed by atoms with Crippen molar-refractivity contribution in [2.45, 2.75) is 50.0 Å². The summed E-state index contributed by atoms with van der Waals surface area (Å²) >= 11 is 2.08. The fraction of sp³-hybridized carbons (Fsp3) is 0.350. The topological polar surface area (TPSA) is 273 Å². The SMILES string of the molecule is Cn1nnc(-c2ccc(-c3ccc(I)cc3F)cn2)n1.Cn1nnc(-c2ccc(-c3ccc(N4C[C@H](CO)OC4=O)cc3F)cn2)n1.NC1CCCCC1N.O=C1NC[C@H](CO)O1. The van der Waals surface area contributed by atoms with Gasteiger partial charge in [0.2, 0.25) is 11.6 Å². The lowest BCUT2D eigenvalue weighted by Gasteiger charge is -2.24. The summed E-state index contributed by atoms with van der Waals surface area (Å²) in [7, 11) is 3.34. The monoisotopic (exact) mass is 982 g/mol.